The highest BCUT2D eigenvalue weighted by molar-refractivity contribution is 5.91. The van der Waals surface area contributed by atoms with E-state index < -0.39 is 0 Å². The molecule has 1 amide bonds. The second kappa shape index (κ2) is 10.5. The summed E-state index contributed by atoms with van der Waals surface area (Å²) in [7, 11) is 1.71. The van der Waals surface area contributed by atoms with Crippen molar-refractivity contribution in [3.05, 3.63) is 59.7 Å². The third kappa shape index (κ3) is 7.37. The molecule has 0 spiro atoms. The zero-order chi connectivity index (χ0) is 17.9. The van der Waals surface area contributed by atoms with Gasteiger partial charge in [-0.05, 0) is 49.7 Å². The average Bonchev–Trinajstić information content (AvgIpc) is 2.63. The lowest BCUT2D eigenvalue weighted by Crippen LogP contribution is -2.20. The fourth-order valence-electron chi connectivity index (χ4n) is 2.26. The van der Waals surface area contributed by atoms with E-state index >= 15 is 0 Å². The van der Waals surface area contributed by atoms with Crippen LogP contribution in [0.25, 0.3) is 0 Å². The predicted octanol–water partition coefficient (Wildman–Crippen LogP) is 3.14. The SMILES string of the molecule is COCCCNCc1ccc(OCC(=O)Nc2ccc(C)cc2)cc1. The van der Waals surface area contributed by atoms with Crippen LogP contribution in [-0.4, -0.2) is 32.8 Å². The van der Waals surface area contributed by atoms with E-state index in [1.807, 2.05) is 55.5 Å². The number of hydrogen-bond acceptors (Lipinski definition) is 4. The molecule has 0 aliphatic heterocycles. The Morgan fingerprint density at radius 3 is 2.44 bits per heavy atom. The number of methoxy groups -OCH3 is 1. The summed E-state index contributed by atoms with van der Waals surface area (Å²) in [6, 6.07) is 15.4. The summed E-state index contributed by atoms with van der Waals surface area (Å²) in [5.74, 6) is 0.509. The van der Waals surface area contributed by atoms with Gasteiger partial charge in [-0.3, -0.25) is 4.79 Å². The highest BCUT2D eigenvalue weighted by Gasteiger charge is 2.04. The molecule has 25 heavy (non-hydrogen) atoms. The van der Waals surface area contributed by atoms with E-state index in [-0.39, 0.29) is 12.5 Å². The van der Waals surface area contributed by atoms with E-state index in [0.29, 0.717) is 5.75 Å². The molecule has 5 heteroatoms. The molecule has 2 rings (SSSR count). The molecule has 0 atom stereocenters. The molecule has 134 valence electrons. The molecule has 2 aromatic rings. The van der Waals surface area contributed by atoms with Gasteiger partial charge < -0.3 is 20.1 Å². The Bertz CT molecular complexity index is 639. The Morgan fingerprint density at radius 2 is 1.76 bits per heavy atom. The minimum Gasteiger partial charge on any atom is -0.484 e. The molecule has 0 aromatic heterocycles. The average molecular weight is 342 g/mol. The molecule has 0 saturated carbocycles. The minimum atomic E-state index is -0.173. The van der Waals surface area contributed by atoms with Gasteiger partial charge in [0, 0.05) is 25.9 Å². The summed E-state index contributed by atoms with van der Waals surface area (Å²) in [5.41, 5.74) is 3.10. The molecule has 0 saturated heterocycles. The lowest BCUT2D eigenvalue weighted by atomic mass is 10.2. The van der Waals surface area contributed by atoms with Gasteiger partial charge in [-0.15, -0.1) is 0 Å². The number of carbonyl (C=O) groups is 1. The smallest absolute Gasteiger partial charge is 0.262 e. The standard InChI is InChI=1S/C20H26N2O3/c1-16-4-8-18(9-5-16)22-20(23)15-25-19-10-6-17(7-11-19)14-21-12-3-13-24-2/h4-11,21H,3,12-15H2,1-2H3,(H,22,23). The topological polar surface area (TPSA) is 59.6 Å². The van der Waals surface area contributed by atoms with Crippen molar-refractivity contribution in [3.8, 4) is 5.75 Å². The highest BCUT2D eigenvalue weighted by atomic mass is 16.5. The molecule has 2 N–H and O–H groups in total. The van der Waals surface area contributed by atoms with Crippen LogP contribution in [0, 0.1) is 6.92 Å². The third-order valence-corrected chi connectivity index (χ3v) is 3.66. The first kappa shape index (κ1) is 19.0. The van der Waals surface area contributed by atoms with Crippen LogP contribution in [0.2, 0.25) is 0 Å². The molecule has 0 bridgehead atoms. The third-order valence-electron chi connectivity index (χ3n) is 3.66. The van der Waals surface area contributed by atoms with E-state index in [0.717, 1.165) is 37.4 Å². The van der Waals surface area contributed by atoms with Gasteiger partial charge in [-0.2, -0.15) is 0 Å². The minimum absolute atomic E-state index is 0.0114. The summed E-state index contributed by atoms with van der Waals surface area (Å²) in [4.78, 5) is 11.9. The van der Waals surface area contributed by atoms with Crippen molar-refractivity contribution in [2.45, 2.75) is 19.9 Å². The lowest BCUT2D eigenvalue weighted by molar-refractivity contribution is -0.118. The molecule has 0 fully saturated rings. The second-order valence-electron chi connectivity index (χ2n) is 5.87. The van der Waals surface area contributed by atoms with Crippen LogP contribution >= 0.6 is 0 Å². The molecular formula is C20H26N2O3. The summed E-state index contributed by atoms with van der Waals surface area (Å²) in [5, 5.41) is 6.16. The van der Waals surface area contributed by atoms with Crippen LogP contribution in [0.5, 0.6) is 5.75 Å². The molecule has 0 radical (unpaired) electrons. The lowest BCUT2D eigenvalue weighted by Gasteiger charge is -2.09. The fourth-order valence-corrected chi connectivity index (χ4v) is 2.26. The van der Waals surface area contributed by atoms with Gasteiger partial charge in [0.15, 0.2) is 6.61 Å². The van der Waals surface area contributed by atoms with E-state index in [1.165, 1.54) is 5.56 Å². The molecule has 5 nitrogen and oxygen atoms in total. The molecule has 0 aliphatic carbocycles. The number of anilines is 1. The number of aryl methyl sites for hydroxylation is 1. The summed E-state index contributed by atoms with van der Waals surface area (Å²) in [6.07, 6.45) is 0.994. The fraction of sp³-hybridized carbons (Fsp3) is 0.350. The Balaban J connectivity index is 1.69. The van der Waals surface area contributed by atoms with Gasteiger partial charge in [-0.25, -0.2) is 0 Å². The van der Waals surface area contributed by atoms with Crippen molar-refractivity contribution >= 4 is 11.6 Å². The first-order valence-electron chi connectivity index (χ1n) is 8.45. The Kier molecular flexibility index (Phi) is 7.95. The Labute approximate surface area is 149 Å². The van der Waals surface area contributed by atoms with Gasteiger partial charge >= 0.3 is 0 Å². The largest absolute Gasteiger partial charge is 0.484 e. The van der Waals surface area contributed by atoms with Crippen molar-refractivity contribution in [2.75, 3.05) is 32.2 Å². The number of benzene rings is 2. The van der Waals surface area contributed by atoms with E-state index in [4.69, 9.17) is 9.47 Å². The summed E-state index contributed by atoms with van der Waals surface area (Å²) >= 11 is 0. The zero-order valence-electron chi connectivity index (χ0n) is 14.9. The van der Waals surface area contributed by atoms with E-state index in [1.54, 1.807) is 7.11 Å². The first-order valence-corrected chi connectivity index (χ1v) is 8.45. The van der Waals surface area contributed by atoms with E-state index in [2.05, 4.69) is 10.6 Å². The molecule has 2 aromatic carbocycles. The van der Waals surface area contributed by atoms with Crippen LogP contribution in [0.15, 0.2) is 48.5 Å². The zero-order valence-corrected chi connectivity index (χ0v) is 14.9. The maximum atomic E-state index is 11.9. The second-order valence-corrected chi connectivity index (χ2v) is 5.87. The number of amides is 1. The van der Waals surface area contributed by atoms with Gasteiger partial charge in [0.25, 0.3) is 5.91 Å². The van der Waals surface area contributed by atoms with Gasteiger partial charge in [0.2, 0.25) is 0 Å². The normalized spacial score (nSPS) is 10.5. The van der Waals surface area contributed by atoms with Gasteiger partial charge in [0.05, 0.1) is 0 Å². The predicted molar refractivity (Wildman–Crippen MR) is 99.9 cm³/mol. The van der Waals surface area contributed by atoms with Crippen molar-refractivity contribution in [2.24, 2.45) is 0 Å². The van der Waals surface area contributed by atoms with Crippen LogP contribution in [0.3, 0.4) is 0 Å². The number of ether oxygens (including phenoxy) is 2. The molecule has 0 unspecified atom stereocenters. The molecule has 0 aliphatic rings. The Hall–Kier alpha value is -2.37. The van der Waals surface area contributed by atoms with Crippen molar-refractivity contribution in [1.29, 1.82) is 0 Å². The quantitative estimate of drug-likeness (QED) is 0.651. The number of hydrogen-bond donors (Lipinski definition) is 2. The van der Waals surface area contributed by atoms with Crippen molar-refractivity contribution in [1.82, 2.24) is 5.32 Å². The summed E-state index contributed by atoms with van der Waals surface area (Å²) < 4.78 is 10.5. The van der Waals surface area contributed by atoms with Crippen LogP contribution in [0.1, 0.15) is 17.5 Å². The van der Waals surface area contributed by atoms with Gasteiger partial charge in [0.1, 0.15) is 5.75 Å². The first-order chi connectivity index (χ1) is 12.2. The van der Waals surface area contributed by atoms with E-state index in [9.17, 15) is 4.79 Å². The number of rotatable bonds is 10. The number of carbonyl (C=O) groups excluding carboxylic acids is 1. The molecular weight excluding hydrogens is 316 g/mol. The molecule has 0 heterocycles. The van der Waals surface area contributed by atoms with Crippen LogP contribution in [0.4, 0.5) is 5.69 Å². The maximum absolute atomic E-state index is 11.9. The van der Waals surface area contributed by atoms with Crippen LogP contribution < -0.4 is 15.4 Å². The number of nitrogens with one attached hydrogen (secondary N) is 2. The van der Waals surface area contributed by atoms with Crippen molar-refractivity contribution < 1.29 is 14.3 Å². The summed E-state index contributed by atoms with van der Waals surface area (Å²) in [6.45, 7) is 4.49. The maximum Gasteiger partial charge on any atom is 0.262 e. The van der Waals surface area contributed by atoms with Gasteiger partial charge in [-0.1, -0.05) is 29.8 Å². The van der Waals surface area contributed by atoms with Crippen LogP contribution in [-0.2, 0) is 16.1 Å². The highest BCUT2D eigenvalue weighted by Crippen LogP contribution is 2.13. The Morgan fingerprint density at radius 1 is 1.04 bits per heavy atom. The van der Waals surface area contributed by atoms with Crippen molar-refractivity contribution in [3.63, 3.8) is 0 Å². The monoisotopic (exact) mass is 342 g/mol.